The van der Waals surface area contributed by atoms with Gasteiger partial charge in [-0.05, 0) is 44.9 Å². The minimum atomic E-state index is 0.109. The van der Waals surface area contributed by atoms with Gasteiger partial charge in [0.15, 0.2) is 0 Å². The van der Waals surface area contributed by atoms with Crippen LogP contribution in [-0.4, -0.2) is 16.9 Å². The van der Waals surface area contributed by atoms with Crippen LogP contribution in [0.1, 0.15) is 48.8 Å². The second-order valence-corrected chi connectivity index (χ2v) is 6.81. The molecule has 3 N–H and O–H groups in total. The molecular weight excluding hydrogens is 258 g/mol. The second kappa shape index (κ2) is 5.21. The molecule has 4 nitrogen and oxygen atoms in total. The van der Waals surface area contributed by atoms with E-state index < -0.39 is 0 Å². The van der Waals surface area contributed by atoms with Gasteiger partial charge < -0.3 is 11.1 Å². The third-order valence-electron chi connectivity index (χ3n) is 4.14. The topological polar surface area (TPSA) is 68.0 Å². The minimum absolute atomic E-state index is 0.109. The predicted octanol–water partition coefficient (Wildman–Crippen LogP) is 2.15. The van der Waals surface area contributed by atoms with Gasteiger partial charge in [0.05, 0.1) is 6.04 Å². The summed E-state index contributed by atoms with van der Waals surface area (Å²) < 4.78 is 0. The van der Waals surface area contributed by atoms with E-state index in [2.05, 4.69) is 15.7 Å². The fraction of sp³-hybridized carbons (Fsp3) is 0.714. The molecule has 2 aliphatic rings. The van der Waals surface area contributed by atoms with Crippen molar-refractivity contribution in [3.05, 3.63) is 16.1 Å². The zero-order valence-corrected chi connectivity index (χ0v) is 12.1. The quantitative estimate of drug-likeness (QED) is 0.887. The fourth-order valence-electron chi connectivity index (χ4n) is 2.85. The molecule has 1 amide bonds. The van der Waals surface area contributed by atoms with E-state index in [1.54, 1.807) is 11.3 Å². The van der Waals surface area contributed by atoms with Crippen molar-refractivity contribution in [3.8, 4) is 0 Å². The molecule has 5 heteroatoms. The molecule has 0 radical (unpaired) electrons. The van der Waals surface area contributed by atoms with Crippen molar-refractivity contribution in [3.63, 3.8) is 0 Å². The number of amides is 1. The Labute approximate surface area is 117 Å². The largest absolute Gasteiger partial charge is 0.346 e. The second-order valence-electron chi connectivity index (χ2n) is 5.92. The molecule has 1 aromatic rings. The van der Waals surface area contributed by atoms with Crippen molar-refractivity contribution in [1.29, 1.82) is 0 Å². The number of nitrogens with one attached hydrogen (secondary N) is 1. The maximum atomic E-state index is 12.3. The Morgan fingerprint density at radius 1 is 1.47 bits per heavy atom. The first kappa shape index (κ1) is 13.1. The van der Waals surface area contributed by atoms with E-state index >= 15 is 0 Å². The third kappa shape index (κ3) is 2.98. The van der Waals surface area contributed by atoms with Gasteiger partial charge >= 0.3 is 0 Å². The summed E-state index contributed by atoms with van der Waals surface area (Å²) in [5.41, 5.74) is 6.93. The molecule has 2 fully saturated rings. The van der Waals surface area contributed by atoms with E-state index in [4.69, 9.17) is 5.73 Å². The van der Waals surface area contributed by atoms with E-state index in [9.17, 15) is 4.79 Å². The van der Waals surface area contributed by atoms with Gasteiger partial charge in [-0.25, -0.2) is 4.98 Å². The Balaban J connectivity index is 1.66. The first-order valence-corrected chi connectivity index (χ1v) is 7.99. The number of nitrogens with zero attached hydrogens (tertiary/aromatic N) is 1. The van der Waals surface area contributed by atoms with Crippen molar-refractivity contribution < 1.29 is 4.79 Å². The van der Waals surface area contributed by atoms with Gasteiger partial charge in [0, 0.05) is 23.0 Å². The van der Waals surface area contributed by atoms with Gasteiger partial charge in [0.2, 0.25) is 5.91 Å². The summed E-state index contributed by atoms with van der Waals surface area (Å²) in [5, 5.41) is 6.35. The molecule has 19 heavy (non-hydrogen) atoms. The highest BCUT2D eigenvalue weighted by Crippen LogP contribution is 2.42. The number of carbonyl (C=O) groups excluding carboxylic acids is 1. The van der Waals surface area contributed by atoms with Crippen molar-refractivity contribution in [1.82, 2.24) is 10.3 Å². The lowest BCUT2D eigenvalue weighted by atomic mass is 10.1. The summed E-state index contributed by atoms with van der Waals surface area (Å²) in [6, 6.07) is 0.334. The number of carbonyl (C=O) groups is 1. The number of nitrogens with two attached hydrogens (primary N) is 1. The SMILES string of the molecule is Cc1csc(C(NC(=O)C2CCC(N)C2)C2CC2)n1. The predicted molar refractivity (Wildman–Crippen MR) is 75.8 cm³/mol. The summed E-state index contributed by atoms with van der Waals surface area (Å²) in [7, 11) is 0. The Kier molecular flexibility index (Phi) is 3.58. The lowest BCUT2D eigenvalue weighted by molar-refractivity contribution is -0.125. The molecule has 0 bridgehead atoms. The number of thiazole rings is 1. The standard InChI is InChI=1S/C14H21N3OS/c1-8-7-19-14(16-8)12(9-2-3-9)17-13(18)10-4-5-11(15)6-10/h7,9-12H,2-6,15H2,1H3,(H,17,18). The summed E-state index contributed by atoms with van der Waals surface area (Å²) in [5.74, 6) is 0.875. The summed E-state index contributed by atoms with van der Waals surface area (Å²) >= 11 is 1.66. The maximum absolute atomic E-state index is 12.3. The zero-order chi connectivity index (χ0) is 13.4. The molecule has 3 rings (SSSR count). The van der Waals surface area contributed by atoms with Gasteiger partial charge in [-0.1, -0.05) is 0 Å². The molecule has 1 heterocycles. The minimum Gasteiger partial charge on any atom is -0.346 e. The number of rotatable bonds is 4. The highest BCUT2D eigenvalue weighted by Gasteiger charge is 2.37. The zero-order valence-electron chi connectivity index (χ0n) is 11.3. The number of hydrogen-bond acceptors (Lipinski definition) is 4. The average molecular weight is 279 g/mol. The van der Waals surface area contributed by atoms with Crippen LogP contribution >= 0.6 is 11.3 Å². The van der Waals surface area contributed by atoms with Gasteiger partial charge in [0.1, 0.15) is 5.01 Å². The molecule has 2 aliphatic carbocycles. The normalized spacial score (nSPS) is 28.3. The van der Waals surface area contributed by atoms with Crippen LogP contribution in [0.25, 0.3) is 0 Å². The average Bonchev–Trinajstić information content (AvgIpc) is 2.98. The molecule has 0 aliphatic heterocycles. The first-order valence-electron chi connectivity index (χ1n) is 7.11. The summed E-state index contributed by atoms with van der Waals surface area (Å²) in [4.78, 5) is 16.9. The molecule has 3 unspecified atom stereocenters. The molecule has 2 saturated carbocycles. The van der Waals surface area contributed by atoms with Gasteiger partial charge in [-0.2, -0.15) is 0 Å². The van der Waals surface area contributed by atoms with Crippen molar-refractivity contribution in [2.24, 2.45) is 17.6 Å². The highest BCUT2D eigenvalue weighted by atomic mass is 32.1. The van der Waals surface area contributed by atoms with E-state index in [-0.39, 0.29) is 23.9 Å². The van der Waals surface area contributed by atoms with E-state index in [0.29, 0.717) is 5.92 Å². The van der Waals surface area contributed by atoms with Crippen LogP contribution in [-0.2, 0) is 4.79 Å². The van der Waals surface area contributed by atoms with Crippen molar-refractivity contribution >= 4 is 17.2 Å². The van der Waals surface area contributed by atoms with Crippen LogP contribution in [0.2, 0.25) is 0 Å². The van der Waals surface area contributed by atoms with Crippen molar-refractivity contribution in [2.75, 3.05) is 0 Å². The Morgan fingerprint density at radius 3 is 2.79 bits per heavy atom. The van der Waals surface area contributed by atoms with E-state index in [1.165, 1.54) is 12.8 Å². The monoisotopic (exact) mass is 279 g/mol. The van der Waals surface area contributed by atoms with E-state index in [1.807, 2.05) is 6.92 Å². The lowest BCUT2D eigenvalue weighted by Gasteiger charge is -2.18. The molecule has 0 aromatic carbocycles. The van der Waals surface area contributed by atoms with Crippen LogP contribution in [0.3, 0.4) is 0 Å². The van der Waals surface area contributed by atoms with Crippen LogP contribution < -0.4 is 11.1 Å². The van der Waals surface area contributed by atoms with Gasteiger partial charge in [0.25, 0.3) is 0 Å². The molecular formula is C14H21N3OS. The maximum Gasteiger partial charge on any atom is 0.223 e. The Morgan fingerprint density at radius 2 is 2.26 bits per heavy atom. The van der Waals surface area contributed by atoms with E-state index in [0.717, 1.165) is 30.0 Å². The third-order valence-corrected chi connectivity index (χ3v) is 5.18. The van der Waals surface area contributed by atoms with Crippen LogP contribution in [0, 0.1) is 18.8 Å². The van der Waals surface area contributed by atoms with Crippen LogP contribution in [0.15, 0.2) is 5.38 Å². The smallest absolute Gasteiger partial charge is 0.223 e. The molecule has 0 saturated heterocycles. The Hall–Kier alpha value is -0.940. The molecule has 3 atom stereocenters. The fourth-order valence-corrected chi connectivity index (χ4v) is 3.79. The molecule has 104 valence electrons. The Bertz CT molecular complexity index is 469. The number of aromatic nitrogens is 1. The van der Waals surface area contributed by atoms with Crippen LogP contribution in [0.5, 0.6) is 0 Å². The number of aryl methyl sites for hydroxylation is 1. The van der Waals surface area contributed by atoms with Gasteiger partial charge in [-0.15, -0.1) is 11.3 Å². The molecule has 0 spiro atoms. The summed E-state index contributed by atoms with van der Waals surface area (Å²) in [6.07, 6.45) is 5.14. The van der Waals surface area contributed by atoms with Gasteiger partial charge in [-0.3, -0.25) is 4.79 Å². The first-order chi connectivity index (χ1) is 9.13. The molecule has 1 aromatic heterocycles. The van der Waals surface area contributed by atoms with Crippen LogP contribution in [0.4, 0.5) is 0 Å². The van der Waals surface area contributed by atoms with Crippen molar-refractivity contribution in [2.45, 2.75) is 51.1 Å². The lowest BCUT2D eigenvalue weighted by Crippen LogP contribution is -2.34. The summed E-state index contributed by atoms with van der Waals surface area (Å²) in [6.45, 7) is 2.00. The number of hydrogen-bond donors (Lipinski definition) is 2. The highest BCUT2D eigenvalue weighted by molar-refractivity contribution is 7.09.